The van der Waals surface area contributed by atoms with E-state index in [2.05, 4.69) is 71.7 Å². The van der Waals surface area contributed by atoms with Gasteiger partial charge in [-0.1, -0.05) is 84.9 Å². The van der Waals surface area contributed by atoms with Crippen molar-refractivity contribution in [1.29, 1.82) is 0 Å². The predicted octanol–water partition coefficient (Wildman–Crippen LogP) is 11.9. The summed E-state index contributed by atoms with van der Waals surface area (Å²) in [5.74, 6) is 2.33. The second-order valence-corrected chi connectivity index (χ2v) is 15.9. The molecule has 2 spiro atoms. The van der Waals surface area contributed by atoms with E-state index in [1.54, 1.807) is 0 Å². The van der Waals surface area contributed by atoms with Crippen LogP contribution in [0.3, 0.4) is 0 Å². The quantitative estimate of drug-likeness (QED) is 0.142. The molecule has 4 heterocycles. The van der Waals surface area contributed by atoms with Crippen LogP contribution in [0.25, 0.3) is 0 Å². The molecule has 4 aliphatic heterocycles. The van der Waals surface area contributed by atoms with Crippen LogP contribution in [0.2, 0.25) is 0 Å². The molecule has 10 rings (SSSR count). The lowest BCUT2D eigenvalue weighted by Crippen LogP contribution is -2.33. The Balaban J connectivity index is 0.000000142. The summed E-state index contributed by atoms with van der Waals surface area (Å²) >= 11 is 7.33. The molecule has 6 aromatic rings. The second-order valence-electron chi connectivity index (χ2n) is 14.4. The molecule has 0 unspecified atom stereocenters. The number of esters is 2. The molecule has 0 radical (unpaired) electrons. The number of hydrogen-bond donors (Lipinski definition) is 0. The Morgan fingerprint density at radius 3 is 1.15 bits per heavy atom. The monoisotopic (exact) mass is 840 g/mol. The molecule has 54 heavy (non-hydrogen) atoms. The van der Waals surface area contributed by atoms with Crippen LogP contribution < -0.4 is 9.47 Å². The van der Waals surface area contributed by atoms with Gasteiger partial charge in [-0.2, -0.15) is 0 Å². The van der Waals surface area contributed by atoms with Gasteiger partial charge in [-0.05, 0) is 119 Å². The number of benzene rings is 6. The fourth-order valence-corrected chi connectivity index (χ4v) is 9.04. The van der Waals surface area contributed by atoms with Crippen LogP contribution in [0, 0.1) is 41.5 Å². The molecule has 0 fully saturated rings. The van der Waals surface area contributed by atoms with Gasteiger partial charge in [0.15, 0.2) is 11.2 Å². The molecule has 0 aliphatic carbocycles. The molecule has 0 atom stereocenters. The molecule has 6 aromatic carbocycles. The van der Waals surface area contributed by atoms with Gasteiger partial charge in [-0.15, -0.1) is 0 Å². The van der Waals surface area contributed by atoms with Crippen LogP contribution in [-0.2, 0) is 20.7 Å². The molecule has 0 amide bonds. The molecule has 268 valence electrons. The van der Waals surface area contributed by atoms with Crippen molar-refractivity contribution in [2.75, 3.05) is 0 Å². The van der Waals surface area contributed by atoms with E-state index in [0.29, 0.717) is 22.6 Å². The van der Waals surface area contributed by atoms with E-state index >= 15 is 0 Å². The van der Waals surface area contributed by atoms with E-state index in [9.17, 15) is 9.59 Å². The number of carbonyl (C=O) groups excluding carboxylic acids is 2. The Hall–Kier alpha value is -5.18. The first kappa shape index (κ1) is 34.6. The van der Waals surface area contributed by atoms with Gasteiger partial charge in [0.05, 0.1) is 20.1 Å². The smallest absolute Gasteiger partial charge is 0.340 e. The number of ether oxygens (including phenoxy) is 4. The third kappa shape index (κ3) is 4.56. The lowest BCUT2D eigenvalue weighted by atomic mass is 9.76. The average molecular weight is 843 g/mol. The van der Waals surface area contributed by atoms with Crippen LogP contribution in [-0.4, -0.2) is 11.9 Å². The zero-order valence-corrected chi connectivity index (χ0v) is 33.6. The Morgan fingerprint density at radius 1 is 0.407 bits per heavy atom. The Kier molecular flexibility index (Phi) is 7.79. The third-order valence-electron chi connectivity index (χ3n) is 11.4. The van der Waals surface area contributed by atoms with Crippen LogP contribution in [0.4, 0.5) is 0 Å². The van der Waals surface area contributed by atoms with Crippen molar-refractivity contribution in [2.45, 2.75) is 52.7 Å². The van der Waals surface area contributed by atoms with Gasteiger partial charge in [0, 0.05) is 33.4 Å². The Morgan fingerprint density at radius 2 is 0.741 bits per heavy atom. The number of halogens is 2. The fraction of sp³-hybridized carbons (Fsp3) is 0.174. The number of rotatable bonds is 0. The first-order valence-corrected chi connectivity index (χ1v) is 19.3. The molecule has 4 aliphatic rings. The van der Waals surface area contributed by atoms with Gasteiger partial charge >= 0.3 is 11.9 Å². The van der Waals surface area contributed by atoms with Crippen molar-refractivity contribution in [3.05, 3.63) is 184 Å². The van der Waals surface area contributed by atoms with Crippen LogP contribution in [0.5, 0.6) is 23.0 Å². The maximum absolute atomic E-state index is 12.8. The van der Waals surface area contributed by atoms with Crippen LogP contribution in [0.1, 0.15) is 87.5 Å². The largest absolute Gasteiger partial charge is 0.456 e. The summed E-state index contributed by atoms with van der Waals surface area (Å²) < 4.78 is 26.8. The number of fused-ring (bicyclic) bond motifs is 12. The summed E-state index contributed by atoms with van der Waals surface area (Å²) in [5, 5.41) is 0. The first-order valence-electron chi connectivity index (χ1n) is 17.7. The van der Waals surface area contributed by atoms with Crippen LogP contribution >= 0.6 is 31.9 Å². The maximum atomic E-state index is 12.8. The van der Waals surface area contributed by atoms with Gasteiger partial charge in [-0.3, -0.25) is 0 Å². The summed E-state index contributed by atoms with van der Waals surface area (Å²) in [5.41, 5.74) is 10.9. The predicted molar refractivity (Wildman–Crippen MR) is 213 cm³/mol. The Labute approximate surface area is 330 Å². The minimum atomic E-state index is -1.02. The van der Waals surface area contributed by atoms with Crippen molar-refractivity contribution in [1.82, 2.24) is 0 Å². The molecular weight excluding hydrogens is 808 g/mol. The Bertz CT molecular complexity index is 2360. The van der Waals surface area contributed by atoms with Gasteiger partial charge in [-0.25, -0.2) is 9.59 Å². The van der Waals surface area contributed by atoms with Crippen molar-refractivity contribution < 1.29 is 28.5 Å². The molecule has 0 bridgehead atoms. The van der Waals surface area contributed by atoms with Gasteiger partial charge in [0.25, 0.3) is 0 Å². The van der Waals surface area contributed by atoms with Crippen molar-refractivity contribution in [3.63, 3.8) is 0 Å². The molecule has 0 saturated heterocycles. The lowest BCUT2D eigenvalue weighted by Gasteiger charge is -2.38. The lowest BCUT2D eigenvalue weighted by molar-refractivity contribution is 0.0213. The fourth-order valence-electron chi connectivity index (χ4n) is 8.19. The van der Waals surface area contributed by atoms with Crippen molar-refractivity contribution >= 4 is 43.8 Å². The van der Waals surface area contributed by atoms with Crippen LogP contribution in [0.15, 0.2) is 106 Å². The molecule has 0 aromatic heterocycles. The minimum Gasteiger partial charge on any atom is -0.456 e. The van der Waals surface area contributed by atoms with Crippen molar-refractivity contribution in [3.8, 4) is 23.0 Å². The average Bonchev–Trinajstić information content (AvgIpc) is 3.63. The molecule has 0 saturated carbocycles. The highest BCUT2D eigenvalue weighted by Crippen LogP contribution is 2.60. The SMILES string of the molecule is Cc1ccc2c(c1Br)Oc1c(ccc(C)c1Br)C21OC(=O)c2ccccc21.Cc1ccc2c(c1C)Oc1c(ccc(C)c1C)C21OC(=O)c2ccccc21. The van der Waals surface area contributed by atoms with Gasteiger partial charge < -0.3 is 18.9 Å². The van der Waals surface area contributed by atoms with E-state index in [1.165, 1.54) is 0 Å². The minimum absolute atomic E-state index is 0.291. The van der Waals surface area contributed by atoms with E-state index in [0.717, 1.165) is 87.2 Å². The number of hydrogen-bond acceptors (Lipinski definition) is 6. The third-order valence-corrected chi connectivity index (χ3v) is 13.4. The highest BCUT2D eigenvalue weighted by molar-refractivity contribution is 9.11. The van der Waals surface area contributed by atoms with Gasteiger partial charge in [0.2, 0.25) is 0 Å². The van der Waals surface area contributed by atoms with E-state index in [4.69, 9.17) is 18.9 Å². The zero-order valence-electron chi connectivity index (χ0n) is 30.4. The highest BCUT2D eigenvalue weighted by atomic mass is 79.9. The topological polar surface area (TPSA) is 71.1 Å². The first-order chi connectivity index (χ1) is 25.9. The van der Waals surface area contributed by atoms with E-state index in [-0.39, 0.29) is 11.9 Å². The zero-order chi connectivity index (χ0) is 37.8. The maximum Gasteiger partial charge on any atom is 0.340 e. The summed E-state index contributed by atoms with van der Waals surface area (Å²) in [4.78, 5) is 25.6. The highest BCUT2D eigenvalue weighted by Gasteiger charge is 2.55. The summed E-state index contributed by atoms with van der Waals surface area (Å²) in [6.45, 7) is 12.3. The standard InChI is InChI=1S/C24H20O3.C22H14Br2O3/c1-13-9-11-19-21(15(13)3)26-22-16(4)14(2)10-12-20(22)24(19)18-8-6-5-7-17(18)23(25)27-24;1-11-7-9-15-19(17(11)23)26-20-16(10-8-12(2)18(20)24)22(15)14-6-4-3-5-13(14)21(25)27-22/h5-12H,1-4H3;3-10H,1-2H3. The molecular formula is C46H34Br2O6. The summed E-state index contributed by atoms with van der Waals surface area (Å²) in [6, 6.07) is 31.4. The summed E-state index contributed by atoms with van der Waals surface area (Å²) in [6.07, 6.45) is 0. The van der Waals surface area contributed by atoms with Gasteiger partial charge in [0.1, 0.15) is 23.0 Å². The molecule has 6 nitrogen and oxygen atoms in total. The number of carbonyl (C=O) groups is 2. The molecule has 8 heteroatoms. The van der Waals surface area contributed by atoms with Crippen molar-refractivity contribution in [2.24, 2.45) is 0 Å². The normalized spacial score (nSPS) is 15.6. The summed E-state index contributed by atoms with van der Waals surface area (Å²) in [7, 11) is 0. The van der Waals surface area contributed by atoms with E-state index < -0.39 is 11.2 Å². The van der Waals surface area contributed by atoms with E-state index in [1.807, 2.05) is 98.8 Å². The second kappa shape index (κ2) is 12.2. The number of aryl methyl sites for hydroxylation is 4. The molecule has 0 N–H and O–H groups in total.